The Balaban J connectivity index is 1.43. The summed E-state index contributed by atoms with van der Waals surface area (Å²) in [7, 11) is 0. The molecule has 0 bridgehead atoms. The average Bonchev–Trinajstić information content (AvgIpc) is 3.28. The molecule has 2 N–H and O–H groups in total. The van der Waals surface area contributed by atoms with Gasteiger partial charge in [0.2, 0.25) is 0 Å². The molecule has 0 saturated carbocycles. The maximum atomic E-state index is 5.61. The second-order valence-corrected chi connectivity index (χ2v) is 5.55. The molecule has 1 heterocycles. The van der Waals surface area contributed by atoms with Gasteiger partial charge < -0.3 is 5.73 Å². The van der Waals surface area contributed by atoms with Crippen molar-refractivity contribution in [2.75, 3.05) is 13.1 Å². The summed E-state index contributed by atoms with van der Waals surface area (Å²) < 4.78 is 0. The van der Waals surface area contributed by atoms with E-state index >= 15 is 0 Å². The highest BCUT2D eigenvalue weighted by Gasteiger charge is 2.33. The van der Waals surface area contributed by atoms with E-state index in [1.54, 1.807) is 0 Å². The Hall–Kier alpha value is -1.64. The molecule has 1 aliphatic heterocycles. The normalized spacial score (nSPS) is 20.9. The standard InChI is InChI=1S/C18H22N2/c19-13-16-10-8-15(9-11-16)5-4-12-20-14-18(20)17-6-2-1-3-7-17/h1-3,6-11,18H,4-5,12-14,19H2/t18?,20-/m0/s1. The minimum absolute atomic E-state index is 0.632. The molecule has 2 aromatic carbocycles. The van der Waals surface area contributed by atoms with E-state index in [0.717, 1.165) is 6.42 Å². The van der Waals surface area contributed by atoms with Crippen LogP contribution in [0.1, 0.15) is 29.2 Å². The van der Waals surface area contributed by atoms with Crippen molar-refractivity contribution in [1.82, 2.24) is 4.90 Å². The summed E-state index contributed by atoms with van der Waals surface area (Å²) >= 11 is 0. The van der Waals surface area contributed by atoms with Gasteiger partial charge in [-0.15, -0.1) is 0 Å². The van der Waals surface area contributed by atoms with Crippen molar-refractivity contribution in [3.63, 3.8) is 0 Å². The van der Waals surface area contributed by atoms with Crippen molar-refractivity contribution < 1.29 is 0 Å². The van der Waals surface area contributed by atoms with E-state index < -0.39 is 0 Å². The molecule has 0 aromatic heterocycles. The number of aryl methyl sites for hydroxylation is 1. The third-order valence-corrected chi connectivity index (χ3v) is 4.07. The first-order valence-electron chi connectivity index (χ1n) is 7.43. The van der Waals surface area contributed by atoms with Gasteiger partial charge in [0.25, 0.3) is 0 Å². The van der Waals surface area contributed by atoms with Crippen LogP contribution in [0.3, 0.4) is 0 Å². The second kappa shape index (κ2) is 6.21. The molecule has 1 unspecified atom stereocenters. The first-order chi connectivity index (χ1) is 9.86. The molecule has 1 saturated heterocycles. The van der Waals surface area contributed by atoms with Crippen molar-refractivity contribution in [1.29, 1.82) is 0 Å². The molecule has 2 atom stereocenters. The second-order valence-electron chi connectivity index (χ2n) is 5.55. The van der Waals surface area contributed by atoms with Gasteiger partial charge in [-0.1, -0.05) is 54.6 Å². The molecule has 0 radical (unpaired) electrons. The Morgan fingerprint density at radius 3 is 2.35 bits per heavy atom. The monoisotopic (exact) mass is 266 g/mol. The number of hydrogen-bond donors (Lipinski definition) is 1. The fraction of sp³-hybridized carbons (Fsp3) is 0.333. The van der Waals surface area contributed by atoms with Crippen LogP contribution in [0.2, 0.25) is 0 Å². The molecule has 3 rings (SSSR count). The topological polar surface area (TPSA) is 29.0 Å². The quantitative estimate of drug-likeness (QED) is 0.814. The Labute approximate surface area is 121 Å². The van der Waals surface area contributed by atoms with Gasteiger partial charge in [-0.2, -0.15) is 0 Å². The highest BCUT2D eigenvalue weighted by Crippen LogP contribution is 2.34. The summed E-state index contributed by atoms with van der Waals surface area (Å²) in [6, 6.07) is 20.2. The van der Waals surface area contributed by atoms with Gasteiger partial charge in [0.1, 0.15) is 0 Å². The van der Waals surface area contributed by atoms with Crippen LogP contribution in [-0.2, 0) is 13.0 Å². The molecule has 0 spiro atoms. The zero-order chi connectivity index (χ0) is 13.8. The lowest BCUT2D eigenvalue weighted by Gasteiger charge is -2.05. The fourth-order valence-electron chi connectivity index (χ4n) is 2.74. The van der Waals surface area contributed by atoms with Gasteiger partial charge in [-0.3, -0.25) is 4.90 Å². The van der Waals surface area contributed by atoms with Crippen LogP contribution in [0.5, 0.6) is 0 Å². The first-order valence-corrected chi connectivity index (χ1v) is 7.43. The van der Waals surface area contributed by atoms with E-state index in [2.05, 4.69) is 59.5 Å². The largest absolute Gasteiger partial charge is 0.326 e. The zero-order valence-corrected chi connectivity index (χ0v) is 11.8. The van der Waals surface area contributed by atoms with Crippen molar-refractivity contribution in [3.05, 3.63) is 71.3 Å². The zero-order valence-electron chi connectivity index (χ0n) is 11.8. The molecule has 1 aliphatic rings. The number of benzene rings is 2. The van der Waals surface area contributed by atoms with Gasteiger partial charge in [0.15, 0.2) is 0 Å². The third kappa shape index (κ3) is 3.27. The van der Waals surface area contributed by atoms with Gasteiger partial charge in [0.05, 0.1) is 0 Å². The predicted molar refractivity (Wildman–Crippen MR) is 83.4 cm³/mol. The van der Waals surface area contributed by atoms with Crippen molar-refractivity contribution >= 4 is 0 Å². The minimum atomic E-state index is 0.632. The lowest BCUT2D eigenvalue weighted by molar-refractivity contribution is 0.495. The van der Waals surface area contributed by atoms with E-state index in [1.807, 2.05) is 0 Å². The maximum Gasteiger partial charge on any atom is 0.0476 e. The number of rotatable bonds is 6. The number of nitrogens with two attached hydrogens (primary N) is 1. The molecule has 2 heteroatoms. The third-order valence-electron chi connectivity index (χ3n) is 4.07. The van der Waals surface area contributed by atoms with Crippen LogP contribution in [0.15, 0.2) is 54.6 Å². The molecule has 0 aliphatic carbocycles. The fourth-order valence-corrected chi connectivity index (χ4v) is 2.74. The molecule has 2 aromatic rings. The Kier molecular flexibility index (Phi) is 4.14. The van der Waals surface area contributed by atoms with Crippen LogP contribution in [0.25, 0.3) is 0 Å². The van der Waals surface area contributed by atoms with E-state index in [9.17, 15) is 0 Å². The van der Waals surface area contributed by atoms with Crippen LogP contribution in [0.4, 0.5) is 0 Å². The van der Waals surface area contributed by atoms with Crippen LogP contribution < -0.4 is 5.73 Å². The van der Waals surface area contributed by atoms with Gasteiger partial charge >= 0.3 is 0 Å². The summed E-state index contributed by atoms with van der Waals surface area (Å²) in [6.07, 6.45) is 2.38. The van der Waals surface area contributed by atoms with Crippen molar-refractivity contribution in [2.24, 2.45) is 5.73 Å². The molecular formula is C18H22N2. The summed E-state index contributed by atoms with van der Waals surface area (Å²) in [5.74, 6) is 0. The summed E-state index contributed by atoms with van der Waals surface area (Å²) in [6.45, 7) is 3.04. The van der Waals surface area contributed by atoms with Crippen LogP contribution in [-0.4, -0.2) is 18.0 Å². The predicted octanol–water partition coefficient (Wildman–Crippen LogP) is 3.13. The molecule has 0 amide bonds. The summed E-state index contributed by atoms with van der Waals surface area (Å²) in [5.41, 5.74) is 9.70. The molecule has 104 valence electrons. The number of nitrogens with zero attached hydrogens (tertiary/aromatic N) is 1. The summed E-state index contributed by atoms with van der Waals surface area (Å²) in [5, 5.41) is 0. The number of hydrogen-bond acceptors (Lipinski definition) is 2. The molecule has 2 nitrogen and oxygen atoms in total. The minimum Gasteiger partial charge on any atom is -0.326 e. The Bertz CT molecular complexity index is 533. The highest BCUT2D eigenvalue weighted by molar-refractivity contribution is 5.24. The van der Waals surface area contributed by atoms with Gasteiger partial charge in [-0.25, -0.2) is 0 Å². The molecule has 20 heavy (non-hydrogen) atoms. The highest BCUT2D eigenvalue weighted by atomic mass is 15.3. The van der Waals surface area contributed by atoms with Crippen molar-refractivity contribution in [3.8, 4) is 0 Å². The van der Waals surface area contributed by atoms with E-state index in [-0.39, 0.29) is 0 Å². The van der Waals surface area contributed by atoms with Gasteiger partial charge in [-0.05, 0) is 36.1 Å². The van der Waals surface area contributed by atoms with E-state index in [1.165, 1.54) is 36.2 Å². The SMILES string of the molecule is NCc1ccc(CCC[N@@]2CC2c2ccccc2)cc1. The molecular weight excluding hydrogens is 244 g/mol. The maximum absolute atomic E-state index is 5.61. The van der Waals surface area contributed by atoms with E-state index in [0.29, 0.717) is 12.6 Å². The smallest absolute Gasteiger partial charge is 0.0476 e. The Morgan fingerprint density at radius 1 is 0.950 bits per heavy atom. The Morgan fingerprint density at radius 2 is 1.65 bits per heavy atom. The lowest BCUT2D eigenvalue weighted by atomic mass is 10.1. The molecule has 1 fully saturated rings. The van der Waals surface area contributed by atoms with E-state index in [4.69, 9.17) is 5.73 Å². The van der Waals surface area contributed by atoms with Crippen LogP contribution in [0, 0.1) is 0 Å². The average molecular weight is 266 g/mol. The van der Waals surface area contributed by atoms with Crippen molar-refractivity contribution in [2.45, 2.75) is 25.4 Å². The first kappa shape index (κ1) is 13.3. The van der Waals surface area contributed by atoms with Gasteiger partial charge in [0, 0.05) is 19.1 Å². The van der Waals surface area contributed by atoms with Crippen LogP contribution >= 0.6 is 0 Å². The lowest BCUT2D eigenvalue weighted by Crippen LogP contribution is -2.03. The summed E-state index contributed by atoms with van der Waals surface area (Å²) in [4.78, 5) is 2.55.